The number of imidazole rings is 1. The van der Waals surface area contributed by atoms with Crippen LogP contribution in [0.4, 0.5) is 4.39 Å². The van der Waals surface area contributed by atoms with Gasteiger partial charge >= 0.3 is 0 Å². The molecule has 1 aliphatic heterocycles. The Balaban J connectivity index is 1.75. The molecule has 1 aliphatic rings. The van der Waals surface area contributed by atoms with Crippen LogP contribution in [-0.2, 0) is 19.6 Å². The summed E-state index contributed by atoms with van der Waals surface area (Å²) in [6.45, 7) is 3.03. The van der Waals surface area contributed by atoms with Crippen molar-refractivity contribution in [3.8, 4) is 6.07 Å². The molecule has 5 heteroatoms. The van der Waals surface area contributed by atoms with Crippen LogP contribution in [0, 0.1) is 17.1 Å². The van der Waals surface area contributed by atoms with E-state index in [-0.39, 0.29) is 5.82 Å². The average Bonchev–Trinajstić information content (AvgIpc) is 2.88. The van der Waals surface area contributed by atoms with Gasteiger partial charge in [0, 0.05) is 37.6 Å². The summed E-state index contributed by atoms with van der Waals surface area (Å²) in [6, 6.07) is 6.58. The van der Waals surface area contributed by atoms with E-state index in [4.69, 9.17) is 5.26 Å². The van der Waals surface area contributed by atoms with Crippen LogP contribution in [0.5, 0.6) is 0 Å². The highest BCUT2D eigenvalue weighted by Gasteiger charge is 2.17. The molecule has 2 aromatic rings. The Morgan fingerprint density at radius 3 is 3.05 bits per heavy atom. The molecule has 0 radical (unpaired) electrons. The summed E-state index contributed by atoms with van der Waals surface area (Å²) in [6.07, 6.45) is 3.76. The molecular weight excluding hydrogens is 243 g/mol. The van der Waals surface area contributed by atoms with Gasteiger partial charge in [0.25, 0.3) is 0 Å². The second-order valence-corrected chi connectivity index (χ2v) is 4.67. The number of halogens is 1. The van der Waals surface area contributed by atoms with Crippen LogP contribution in [-0.4, -0.2) is 21.0 Å². The van der Waals surface area contributed by atoms with Crippen LogP contribution >= 0.6 is 0 Å². The van der Waals surface area contributed by atoms with E-state index in [1.807, 2.05) is 12.3 Å². The van der Waals surface area contributed by atoms with Crippen molar-refractivity contribution >= 4 is 0 Å². The monoisotopic (exact) mass is 256 g/mol. The van der Waals surface area contributed by atoms with Gasteiger partial charge in [-0.2, -0.15) is 5.26 Å². The lowest BCUT2D eigenvalue weighted by Crippen LogP contribution is -2.33. The minimum atomic E-state index is -0.312. The summed E-state index contributed by atoms with van der Waals surface area (Å²) >= 11 is 0. The Morgan fingerprint density at radius 2 is 2.26 bits per heavy atom. The van der Waals surface area contributed by atoms with Crippen molar-refractivity contribution in [1.29, 1.82) is 5.26 Å². The number of nitrogens with zero attached hydrogens (tertiary/aromatic N) is 4. The lowest BCUT2D eigenvalue weighted by molar-refractivity contribution is 0.206. The lowest BCUT2D eigenvalue weighted by Gasteiger charge is -2.27. The number of hydrogen-bond donors (Lipinski definition) is 0. The van der Waals surface area contributed by atoms with Crippen molar-refractivity contribution in [1.82, 2.24) is 14.5 Å². The van der Waals surface area contributed by atoms with Gasteiger partial charge in [-0.05, 0) is 12.1 Å². The fourth-order valence-electron chi connectivity index (χ4n) is 2.34. The van der Waals surface area contributed by atoms with E-state index >= 15 is 0 Å². The first-order valence-electron chi connectivity index (χ1n) is 6.17. The maximum atomic E-state index is 13.8. The number of aromatic nitrogens is 2. The normalized spacial score (nSPS) is 14.9. The van der Waals surface area contributed by atoms with Crippen molar-refractivity contribution < 1.29 is 4.39 Å². The quantitative estimate of drug-likeness (QED) is 0.824. The molecule has 3 rings (SSSR count). The summed E-state index contributed by atoms with van der Waals surface area (Å²) < 4.78 is 15.9. The minimum Gasteiger partial charge on any atom is -0.333 e. The van der Waals surface area contributed by atoms with Gasteiger partial charge in [-0.15, -0.1) is 0 Å². The molecule has 0 bridgehead atoms. The van der Waals surface area contributed by atoms with Crippen LogP contribution in [0.2, 0.25) is 0 Å². The molecule has 1 aromatic heterocycles. The molecule has 0 N–H and O–H groups in total. The van der Waals surface area contributed by atoms with Crippen LogP contribution in [0.25, 0.3) is 0 Å². The van der Waals surface area contributed by atoms with Crippen molar-refractivity contribution in [3.63, 3.8) is 0 Å². The molecule has 0 saturated heterocycles. The Labute approximate surface area is 110 Å². The molecule has 96 valence electrons. The van der Waals surface area contributed by atoms with Gasteiger partial charge in [-0.3, -0.25) is 4.90 Å². The summed E-state index contributed by atoms with van der Waals surface area (Å²) in [7, 11) is 0. The fraction of sp³-hybridized carbons (Fsp3) is 0.286. The topological polar surface area (TPSA) is 44.9 Å². The van der Waals surface area contributed by atoms with Crippen LogP contribution < -0.4 is 0 Å². The number of fused-ring (bicyclic) bond motifs is 1. The molecule has 0 spiro atoms. The van der Waals surface area contributed by atoms with E-state index in [0.29, 0.717) is 17.7 Å². The highest BCUT2D eigenvalue weighted by Crippen LogP contribution is 2.16. The molecule has 0 unspecified atom stereocenters. The molecule has 0 amide bonds. The van der Waals surface area contributed by atoms with Crippen molar-refractivity contribution in [2.24, 2.45) is 0 Å². The molecule has 2 heterocycles. The first-order chi connectivity index (χ1) is 9.26. The van der Waals surface area contributed by atoms with Gasteiger partial charge in [0.1, 0.15) is 11.6 Å². The third-order valence-electron chi connectivity index (χ3n) is 3.40. The van der Waals surface area contributed by atoms with Crippen LogP contribution in [0.15, 0.2) is 30.6 Å². The Hall–Kier alpha value is -2.19. The Morgan fingerprint density at radius 1 is 1.37 bits per heavy atom. The second kappa shape index (κ2) is 4.82. The summed E-state index contributed by atoms with van der Waals surface area (Å²) in [5.41, 5.74) is 0.981. The zero-order valence-electron chi connectivity index (χ0n) is 10.4. The standard InChI is InChI=1S/C14H13FN4/c15-13-7-11(8-16)1-2-12(13)9-18-5-6-19-4-3-17-14(19)10-18/h1-4,7H,5-6,9-10H2. The Bertz CT molecular complexity index is 641. The molecule has 0 atom stereocenters. The summed E-state index contributed by atoms with van der Waals surface area (Å²) in [5, 5.41) is 8.72. The average molecular weight is 256 g/mol. The lowest BCUT2D eigenvalue weighted by atomic mass is 10.1. The van der Waals surface area contributed by atoms with E-state index in [0.717, 1.165) is 25.5 Å². The summed E-state index contributed by atoms with van der Waals surface area (Å²) in [4.78, 5) is 6.44. The molecule has 19 heavy (non-hydrogen) atoms. The van der Waals surface area contributed by atoms with Crippen LogP contribution in [0.1, 0.15) is 17.0 Å². The molecular formula is C14H13FN4. The van der Waals surface area contributed by atoms with Crippen LogP contribution in [0.3, 0.4) is 0 Å². The van der Waals surface area contributed by atoms with Gasteiger partial charge < -0.3 is 4.57 Å². The number of hydrogen-bond acceptors (Lipinski definition) is 3. The van der Waals surface area contributed by atoms with Crippen molar-refractivity contribution in [2.75, 3.05) is 6.54 Å². The number of benzene rings is 1. The SMILES string of the molecule is N#Cc1ccc(CN2CCn3ccnc3C2)c(F)c1. The third-order valence-corrected chi connectivity index (χ3v) is 3.40. The predicted octanol–water partition coefficient (Wildman–Crippen LogP) is 1.91. The molecule has 0 aliphatic carbocycles. The molecule has 0 saturated carbocycles. The third kappa shape index (κ3) is 2.35. The fourth-order valence-corrected chi connectivity index (χ4v) is 2.34. The van der Waals surface area contributed by atoms with E-state index in [1.54, 1.807) is 18.3 Å². The Kier molecular flexibility index (Phi) is 3.02. The summed E-state index contributed by atoms with van der Waals surface area (Å²) in [5.74, 6) is 0.702. The highest BCUT2D eigenvalue weighted by atomic mass is 19.1. The maximum absolute atomic E-state index is 13.8. The van der Waals surface area contributed by atoms with Gasteiger partial charge in [-0.1, -0.05) is 6.07 Å². The first-order valence-corrected chi connectivity index (χ1v) is 6.17. The maximum Gasteiger partial charge on any atom is 0.129 e. The van der Waals surface area contributed by atoms with Gasteiger partial charge in [0.15, 0.2) is 0 Å². The van der Waals surface area contributed by atoms with E-state index in [9.17, 15) is 4.39 Å². The molecule has 1 aromatic carbocycles. The van der Waals surface area contributed by atoms with Gasteiger partial charge in [0.2, 0.25) is 0 Å². The van der Waals surface area contributed by atoms with Gasteiger partial charge in [-0.25, -0.2) is 9.37 Å². The van der Waals surface area contributed by atoms with E-state index < -0.39 is 0 Å². The minimum absolute atomic E-state index is 0.312. The van der Waals surface area contributed by atoms with E-state index in [1.165, 1.54) is 6.07 Å². The first kappa shape index (κ1) is 11.9. The highest BCUT2D eigenvalue weighted by molar-refractivity contribution is 5.32. The number of rotatable bonds is 2. The zero-order valence-corrected chi connectivity index (χ0v) is 10.4. The zero-order chi connectivity index (χ0) is 13.2. The smallest absolute Gasteiger partial charge is 0.129 e. The predicted molar refractivity (Wildman–Crippen MR) is 67.5 cm³/mol. The largest absolute Gasteiger partial charge is 0.333 e. The molecule has 4 nitrogen and oxygen atoms in total. The van der Waals surface area contributed by atoms with Gasteiger partial charge in [0.05, 0.1) is 18.2 Å². The molecule has 0 fully saturated rings. The second-order valence-electron chi connectivity index (χ2n) is 4.67. The van der Waals surface area contributed by atoms with Crippen molar-refractivity contribution in [3.05, 3.63) is 53.4 Å². The number of nitriles is 1. The van der Waals surface area contributed by atoms with Crippen molar-refractivity contribution in [2.45, 2.75) is 19.6 Å². The van der Waals surface area contributed by atoms with E-state index in [2.05, 4.69) is 14.5 Å².